The van der Waals surface area contributed by atoms with E-state index in [4.69, 9.17) is 16.0 Å². The Labute approximate surface area is 99.8 Å². The van der Waals surface area contributed by atoms with E-state index in [1.807, 2.05) is 0 Å². The number of alkyl halides is 1. The van der Waals surface area contributed by atoms with Gasteiger partial charge < -0.3 is 9.52 Å². The van der Waals surface area contributed by atoms with Crippen molar-refractivity contribution in [2.45, 2.75) is 55.9 Å². The first-order valence-electron chi connectivity index (χ1n) is 6.06. The molecule has 1 saturated carbocycles. The number of aryl methyl sites for hydroxylation is 2. The molecule has 88 valence electrons. The van der Waals surface area contributed by atoms with Crippen LogP contribution in [0.1, 0.15) is 48.9 Å². The molecule has 2 aliphatic carbocycles. The molecule has 1 N–H and O–H groups in total. The maximum atomic E-state index is 10.00. The molecular formula is C12H16ClNO2. The van der Waals surface area contributed by atoms with Crippen LogP contribution in [0.3, 0.4) is 0 Å². The second-order valence-corrected chi connectivity index (χ2v) is 5.38. The van der Waals surface area contributed by atoms with Crippen molar-refractivity contribution in [1.82, 2.24) is 4.98 Å². The molecule has 0 saturated heterocycles. The number of aliphatic hydroxyl groups is 1. The molecular weight excluding hydrogens is 226 g/mol. The fourth-order valence-electron chi connectivity index (χ4n) is 2.79. The molecule has 3 rings (SSSR count). The van der Waals surface area contributed by atoms with Gasteiger partial charge in [0.2, 0.25) is 5.89 Å². The molecule has 16 heavy (non-hydrogen) atoms. The zero-order chi connectivity index (χ0) is 11.1. The molecule has 3 atom stereocenters. The monoisotopic (exact) mass is 241 g/mol. The van der Waals surface area contributed by atoms with E-state index in [1.54, 1.807) is 0 Å². The number of halogens is 1. The SMILES string of the molecule is OC1CCCC(Cl)C1c1nc2c(o1)CCC2. The van der Waals surface area contributed by atoms with Crippen LogP contribution < -0.4 is 0 Å². The fourth-order valence-corrected chi connectivity index (χ4v) is 3.22. The molecule has 0 aliphatic heterocycles. The first-order chi connectivity index (χ1) is 7.75. The molecule has 1 fully saturated rings. The van der Waals surface area contributed by atoms with E-state index in [0.29, 0.717) is 5.89 Å². The van der Waals surface area contributed by atoms with Crippen molar-refractivity contribution >= 4 is 11.6 Å². The number of nitrogens with zero attached hydrogens (tertiary/aromatic N) is 1. The summed E-state index contributed by atoms with van der Waals surface area (Å²) in [5, 5.41) is 9.96. The second-order valence-electron chi connectivity index (χ2n) is 4.82. The molecule has 3 unspecified atom stereocenters. The highest BCUT2D eigenvalue weighted by molar-refractivity contribution is 6.21. The van der Waals surface area contributed by atoms with Crippen molar-refractivity contribution in [3.63, 3.8) is 0 Å². The zero-order valence-electron chi connectivity index (χ0n) is 9.16. The minimum absolute atomic E-state index is 0.0393. The zero-order valence-corrected chi connectivity index (χ0v) is 9.91. The number of rotatable bonds is 1. The van der Waals surface area contributed by atoms with E-state index < -0.39 is 6.10 Å². The normalized spacial score (nSPS) is 34.0. The average molecular weight is 242 g/mol. The number of hydrogen-bond donors (Lipinski definition) is 1. The van der Waals surface area contributed by atoms with Gasteiger partial charge in [-0.1, -0.05) is 0 Å². The average Bonchev–Trinajstić information content (AvgIpc) is 2.77. The van der Waals surface area contributed by atoms with Crippen molar-refractivity contribution in [3.8, 4) is 0 Å². The summed E-state index contributed by atoms with van der Waals surface area (Å²) >= 11 is 6.27. The molecule has 4 heteroatoms. The summed E-state index contributed by atoms with van der Waals surface area (Å²) in [6.45, 7) is 0. The second kappa shape index (κ2) is 4.04. The largest absolute Gasteiger partial charge is 0.445 e. The quantitative estimate of drug-likeness (QED) is 0.768. The summed E-state index contributed by atoms with van der Waals surface area (Å²) in [6, 6.07) is 0. The van der Waals surface area contributed by atoms with Gasteiger partial charge in [0.25, 0.3) is 0 Å². The molecule has 0 bridgehead atoms. The van der Waals surface area contributed by atoms with E-state index in [0.717, 1.165) is 50.0 Å². The van der Waals surface area contributed by atoms with Gasteiger partial charge in [-0.25, -0.2) is 4.98 Å². The summed E-state index contributed by atoms with van der Waals surface area (Å²) in [6.07, 6.45) is 5.48. The van der Waals surface area contributed by atoms with Crippen molar-refractivity contribution in [1.29, 1.82) is 0 Å². The van der Waals surface area contributed by atoms with Gasteiger partial charge in [0, 0.05) is 11.8 Å². The Hall–Kier alpha value is -0.540. The minimum Gasteiger partial charge on any atom is -0.445 e. The van der Waals surface area contributed by atoms with Crippen LogP contribution in [0, 0.1) is 0 Å². The van der Waals surface area contributed by atoms with Gasteiger partial charge in [0.1, 0.15) is 5.76 Å². The Morgan fingerprint density at radius 1 is 1.25 bits per heavy atom. The molecule has 0 aromatic carbocycles. The first-order valence-corrected chi connectivity index (χ1v) is 6.50. The van der Waals surface area contributed by atoms with E-state index in [-0.39, 0.29) is 11.3 Å². The highest BCUT2D eigenvalue weighted by Crippen LogP contribution is 2.38. The number of oxazole rings is 1. The summed E-state index contributed by atoms with van der Waals surface area (Å²) in [5.74, 6) is 1.56. The molecule has 0 spiro atoms. The predicted molar refractivity (Wildman–Crippen MR) is 60.8 cm³/mol. The maximum Gasteiger partial charge on any atom is 0.201 e. The Balaban J connectivity index is 1.89. The van der Waals surface area contributed by atoms with Crippen LogP contribution in [-0.4, -0.2) is 21.6 Å². The third-order valence-electron chi connectivity index (χ3n) is 3.68. The number of aliphatic hydroxyl groups excluding tert-OH is 1. The molecule has 1 heterocycles. The highest BCUT2D eigenvalue weighted by Gasteiger charge is 2.36. The van der Waals surface area contributed by atoms with Gasteiger partial charge >= 0.3 is 0 Å². The summed E-state index contributed by atoms with van der Waals surface area (Å²) < 4.78 is 5.75. The fraction of sp³-hybridized carbons (Fsp3) is 0.750. The van der Waals surface area contributed by atoms with Crippen molar-refractivity contribution in [2.75, 3.05) is 0 Å². The lowest BCUT2D eigenvalue weighted by molar-refractivity contribution is 0.0957. The van der Waals surface area contributed by atoms with Gasteiger partial charge in [-0.05, 0) is 32.1 Å². The molecule has 1 aromatic heterocycles. The van der Waals surface area contributed by atoms with Gasteiger partial charge in [-0.3, -0.25) is 0 Å². The van der Waals surface area contributed by atoms with Crippen molar-refractivity contribution in [2.24, 2.45) is 0 Å². The Morgan fingerprint density at radius 2 is 2.12 bits per heavy atom. The lowest BCUT2D eigenvalue weighted by Gasteiger charge is -2.29. The van der Waals surface area contributed by atoms with E-state index in [9.17, 15) is 5.11 Å². The van der Waals surface area contributed by atoms with Gasteiger partial charge in [-0.15, -0.1) is 11.6 Å². The third-order valence-corrected chi connectivity index (χ3v) is 4.17. The standard InChI is InChI=1S/C12H16ClNO2/c13-7-3-1-5-9(15)11(7)12-14-8-4-2-6-10(8)16-12/h7,9,11,15H,1-6H2. The van der Waals surface area contributed by atoms with Crippen LogP contribution in [0.5, 0.6) is 0 Å². The van der Waals surface area contributed by atoms with Crippen molar-refractivity contribution < 1.29 is 9.52 Å². The lowest BCUT2D eigenvalue weighted by Crippen LogP contribution is -2.31. The van der Waals surface area contributed by atoms with Crippen LogP contribution >= 0.6 is 11.6 Å². The number of hydrogen-bond acceptors (Lipinski definition) is 3. The Bertz CT molecular complexity index is 359. The van der Waals surface area contributed by atoms with E-state index in [1.165, 1.54) is 0 Å². The van der Waals surface area contributed by atoms with Gasteiger partial charge in [-0.2, -0.15) is 0 Å². The van der Waals surface area contributed by atoms with Crippen LogP contribution in [0.25, 0.3) is 0 Å². The molecule has 0 amide bonds. The molecule has 2 aliphatic rings. The number of fused-ring (bicyclic) bond motifs is 1. The molecule has 1 aromatic rings. The summed E-state index contributed by atoms with van der Waals surface area (Å²) in [4.78, 5) is 4.50. The lowest BCUT2D eigenvalue weighted by atomic mass is 9.86. The Morgan fingerprint density at radius 3 is 2.88 bits per heavy atom. The molecule has 3 nitrogen and oxygen atoms in total. The third kappa shape index (κ3) is 1.66. The predicted octanol–water partition coefficient (Wildman–Crippen LogP) is 2.40. The van der Waals surface area contributed by atoms with E-state index >= 15 is 0 Å². The van der Waals surface area contributed by atoms with Crippen LogP contribution in [0.4, 0.5) is 0 Å². The topological polar surface area (TPSA) is 46.3 Å². The van der Waals surface area contributed by atoms with Crippen molar-refractivity contribution in [3.05, 3.63) is 17.3 Å². The van der Waals surface area contributed by atoms with E-state index in [2.05, 4.69) is 4.98 Å². The highest BCUT2D eigenvalue weighted by atomic mass is 35.5. The van der Waals surface area contributed by atoms with Gasteiger partial charge in [0.15, 0.2) is 0 Å². The Kier molecular flexibility index (Phi) is 2.68. The minimum atomic E-state index is -0.393. The number of aromatic nitrogens is 1. The maximum absolute atomic E-state index is 10.00. The van der Waals surface area contributed by atoms with Gasteiger partial charge in [0.05, 0.1) is 17.7 Å². The smallest absolute Gasteiger partial charge is 0.201 e. The van der Waals surface area contributed by atoms with Crippen LogP contribution in [-0.2, 0) is 12.8 Å². The summed E-state index contributed by atoms with van der Waals surface area (Å²) in [5.41, 5.74) is 1.08. The van der Waals surface area contributed by atoms with Crippen LogP contribution in [0.15, 0.2) is 4.42 Å². The molecule has 0 radical (unpaired) electrons. The first kappa shape index (κ1) is 10.6. The summed E-state index contributed by atoms with van der Waals surface area (Å²) in [7, 11) is 0. The van der Waals surface area contributed by atoms with Crippen LogP contribution in [0.2, 0.25) is 0 Å².